The van der Waals surface area contributed by atoms with E-state index in [0.717, 1.165) is 17.5 Å². The molecule has 2 aromatic carbocycles. The molecule has 2 N–H and O–H groups in total. The second kappa shape index (κ2) is 11.9. The van der Waals surface area contributed by atoms with Crippen molar-refractivity contribution in [2.45, 2.75) is 39.2 Å². The van der Waals surface area contributed by atoms with E-state index in [1.165, 1.54) is 11.1 Å². The van der Waals surface area contributed by atoms with Gasteiger partial charge in [-0.2, -0.15) is 0 Å². The SMILES string of the molecule is CN=C(NCc1cccc(COC(C)C)c1)NCC1COc2ccccc2O1.I. The summed E-state index contributed by atoms with van der Waals surface area (Å²) in [6.45, 7) is 6.51. The number of rotatable bonds is 7. The van der Waals surface area contributed by atoms with Crippen molar-refractivity contribution in [3.63, 3.8) is 0 Å². The molecular weight excluding hydrogens is 481 g/mol. The number of para-hydroxylation sites is 2. The van der Waals surface area contributed by atoms with Gasteiger partial charge < -0.3 is 24.8 Å². The summed E-state index contributed by atoms with van der Waals surface area (Å²) < 4.78 is 17.4. The van der Waals surface area contributed by atoms with Crippen LogP contribution in [0, 0.1) is 0 Å². The van der Waals surface area contributed by atoms with E-state index >= 15 is 0 Å². The molecule has 158 valence electrons. The lowest BCUT2D eigenvalue weighted by Gasteiger charge is -2.27. The molecule has 1 aliphatic rings. The number of hydrogen-bond acceptors (Lipinski definition) is 4. The van der Waals surface area contributed by atoms with Crippen molar-refractivity contribution in [3.05, 3.63) is 59.7 Å². The molecule has 2 aromatic rings. The second-order valence-electron chi connectivity index (χ2n) is 6.98. The first kappa shape index (κ1) is 23.3. The van der Waals surface area contributed by atoms with Crippen molar-refractivity contribution in [3.8, 4) is 11.5 Å². The summed E-state index contributed by atoms with van der Waals surface area (Å²) in [5.41, 5.74) is 2.35. The van der Waals surface area contributed by atoms with Crippen LogP contribution in [0.15, 0.2) is 53.5 Å². The van der Waals surface area contributed by atoms with E-state index in [1.807, 2.05) is 38.1 Å². The van der Waals surface area contributed by atoms with E-state index in [-0.39, 0.29) is 36.2 Å². The van der Waals surface area contributed by atoms with Crippen LogP contribution >= 0.6 is 24.0 Å². The van der Waals surface area contributed by atoms with Gasteiger partial charge in [0.1, 0.15) is 12.7 Å². The number of ether oxygens (including phenoxy) is 3. The molecule has 0 bridgehead atoms. The highest BCUT2D eigenvalue weighted by Gasteiger charge is 2.20. The van der Waals surface area contributed by atoms with Crippen LogP contribution in [0.25, 0.3) is 0 Å². The molecule has 0 aromatic heterocycles. The molecule has 1 unspecified atom stereocenters. The van der Waals surface area contributed by atoms with E-state index < -0.39 is 0 Å². The Hall–Kier alpha value is -2.00. The van der Waals surface area contributed by atoms with Gasteiger partial charge in [0.2, 0.25) is 0 Å². The molecule has 0 radical (unpaired) electrons. The van der Waals surface area contributed by atoms with E-state index in [1.54, 1.807) is 7.05 Å². The van der Waals surface area contributed by atoms with E-state index in [2.05, 4.69) is 39.9 Å². The van der Waals surface area contributed by atoms with Crippen LogP contribution in [0.3, 0.4) is 0 Å². The van der Waals surface area contributed by atoms with Gasteiger partial charge in [0, 0.05) is 13.6 Å². The van der Waals surface area contributed by atoms with Crippen molar-refractivity contribution in [2.24, 2.45) is 4.99 Å². The van der Waals surface area contributed by atoms with Crippen molar-refractivity contribution in [1.29, 1.82) is 0 Å². The monoisotopic (exact) mass is 511 g/mol. The van der Waals surface area contributed by atoms with Crippen LogP contribution in [0.1, 0.15) is 25.0 Å². The number of aliphatic imine (C=N–C) groups is 1. The Bertz CT molecular complexity index is 798. The summed E-state index contributed by atoms with van der Waals surface area (Å²) in [5, 5.41) is 6.64. The Labute approximate surface area is 190 Å². The summed E-state index contributed by atoms with van der Waals surface area (Å²) >= 11 is 0. The summed E-state index contributed by atoms with van der Waals surface area (Å²) in [5.74, 6) is 2.30. The highest BCUT2D eigenvalue weighted by atomic mass is 127. The zero-order chi connectivity index (χ0) is 19.8. The van der Waals surface area contributed by atoms with Crippen LogP contribution in [-0.4, -0.2) is 38.4 Å². The van der Waals surface area contributed by atoms with Crippen LogP contribution in [-0.2, 0) is 17.9 Å². The van der Waals surface area contributed by atoms with Gasteiger partial charge >= 0.3 is 0 Å². The van der Waals surface area contributed by atoms with Crippen molar-refractivity contribution in [1.82, 2.24) is 10.6 Å². The molecule has 0 saturated carbocycles. The topological polar surface area (TPSA) is 64.1 Å². The van der Waals surface area contributed by atoms with Gasteiger partial charge in [0.25, 0.3) is 0 Å². The summed E-state index contributed by atoms with van der Waals surface area (Å²) in [6.07, 6.45) is 0.160. The molecule has 29 heavy (non-hydrogen) atoms. The van der Waals surface area contributed by atoms with E-state index in [4.69, 9.17) is 14.2 Å². The van der Waals surface area contributed by atoms with Crippen molar-refractivity contribution >= 4 is 29.9 Å². The maximum absolute atomic E-state index is 5.97. The molecule has 0 fully saturated rings. The maximum Gasteiger partial charge on any atom is 0.191 e. The van der Waals surface area contributed by atoms with E-state index in [0.29, 0.717) is 26.3 Å². The molecule has 1 aliphatic heterocycles. The number of nitrogens with one attached hydrogen (secondary N) is 2. The zero-order valence-electron chi connectivity index (χ0n) is 17.2. The lowest BCUT2D eigenvalue weighted by molar-refractivity contribution is 0.0657. The normalized spacial score (nSPS) is 15.6. The van der Waals surface area contributed by atoms with Gasteiger partial charge in [-0.3, -0.25) is 4.99 Å². The van der Waals surface area contributed by atoms with Crippen molar-refractivity contribution < 1.29 is 14.2 Å². The Morgan fingerprint density at radius 2 is 1.86 bits per heavy atom. The molecule has 1 atom stereocenters. The number of hydrogen-bond donors (Lipinski definition) is 2. The third-order valence-electron chi connectivity index (χ3n) is 4.32. The number of fused-ring (bicyclic) bond motifs is 1. The highest BCUT2D eigenvalue weighted by Crippen LogP contribution is 2.30. The third kappa shape index (κ3) is 7.40. The summed E-state index contributed by atoms with van der Waals surface area (Å²) in [4.78, 5) is 4.29. The lowest BCUT2D eigenvalue weighted by atomic mass is 10.1. The molecule has 0 saturated heterocycles. The minimum absolute atomic E-state index is 0. The Morgan fingerprint density at radius 1 is 1.10 bits per heavy atom. The summed E-state index contributed by atoms with van der Waals surface area (Å²) in [7, 11) is 1.76. The van der Waals surface area contributed by atoms with Crippen LogP contribution in [0.5, 0.6) is 11.5 Å². The van der Waals surface area contributed by atoms with Crippen LogP contribution in [0.4, 0.5) is 0 Å². The van der Waals surface area contributed by atoms with Gasteiger partial charge in [0.05, 0.1) is 19.3 Å². The van der Waals surface area contributed by atoms with Gasteiger partial charge in [-0.1, -0.05) is 36.4 Å². The van der Waals surface area contributed by atoms with Gasteiger partial charge in [-0.25, -0.2) is 0 Å². The number of halogens is 1. The average molecular weight is 511 g/mol. The largest absolute Gasteiger partial charge is 0.486 e. The number of guanidine groups is 1. The minimum Gasteiger partial charge on any atom is -0.486 e. The number of nitrogens with zero attached hydrogens (tertiary/aromatic N) is 1. The average Bonchev–Trinajstić information content (AvgIpc) is 2.72. The zero-order valence-corrected chi connectivity index (χ0v) is 19.5. The molecule has 0 amide bonds. The highest BCUT2D eigenvalue weighted by molar-refractivity contribution is 14.0. The lowest BCUT2D eigenvalue weighted by Crippen LogP contribution is -2.45. The fourth-order valence-corrected chi connectivity index (χ4v) is 2.87. The molecular formula is C22H30IN3O3. The van der Waals surface area contributed by atoms with Crippen LogP contribution in [0.2, 0.25) is 0 Å². The first-order valence-electron chi connectivity index (χ1n) is 9.66. The Balaban J connectivity index is 0.00000300. The number of benzene rings is 2. The Kier molecular flexibility index (Phi) is 9.53. The predicted molar refractivity (Wildman–Crippen MR) is 126 cm³/mol. The maximum atomic E-state index is 5.97. The van der Waals surface area contributed by atoms with Gasteiger partial charge in [-0.05, 0) is 37.1 Å². The van der Waals surface area contributed by atoms with Crippen molar-refractivity contribution in [2.75, 3.05) is 20.2 Å². The standard InChI is InChI=1S/C22H29N3O3.HI/c1-16(2)26-14-18-8-6-7-17(11-18)12-24-22(23-3)25-13-19-15-27-20-9-4-5-10-21(20)28-19;/h4-11,16,19H,12-15H2,1-3H3,(H2,23,24,25);1H. The fourth-order valence-electron chi connectivity index (χ4n) is 2.87. The quantitative estimate of drug-likeness (QED) is 0.337. The minimum atomic E-state index is -0.0649. The molecule has 0 spiro atoms. The Morgan fingerprint density at radius 3 is 2.62 bits per heavy atom. The molecule has 1 heterocycles. The second-order valence-corrected chi connectivity index (χ2v) is 6.98. The first-order valence-corrected chi connectivity index (χ1v) is 9.66. The first-order chi connectivity index (χ1) is 13.6. The summed E-state index contributed by atoms with van der Waals surface area (Å²) in [6, 6.07) is 16.1. The smallest absolute Gasteiger partial charge is 0.191 e. The van der Waals surface area contributed by atoms with Crippen LogP contribution < -0.4 is 20.1 Å². The third-order valence-corrected chi connectivity index (χ3v) is 4.32. The molecule has 7 heteroatoms. The van der Waals surface area contributed by atoms with E-state index in [9.17, 15) is 0 Å². The predicted octanol–water partition coefficient (Wildman–Crippen LogP) is 3.73. The molecule has 6 nitrogen and oxygen atoms in total. The molecule has 0 aliphatic carbocycles. The molecule has 3 rings (SSSR count). The fraction of sp³-hybridized carbons (Fsp3) is 0.409. The van der Waals surface area contributed by atoms with Gasteiger partial charge in [-0.15, -0.1) is 24.0 Å². The van der Waals surface area contributed by atoms with Gasteiger partial charge in [0.15, 0.2) is 17.5 Å².